The van der Waals surface area contributed by atoms with Crippen molar-refractivity contribution in [2.24, 2.45) is 0 Å². The van der Waals surface area contributed by atoms with Crippen LogP contribution in [0.4, 0.5) is 15.8 Å². The van der Waals surface area contributed by atoms with Crippen molar-refractivity contribution < 1.29 is 29.1 Å². The van der Waals surface area contributed by atoms with Crippen LogP contribution in [0, 0.1) is 15.9 Å². The number of nitro groups is 1. The lowest BCUT2D eigenvalue weighted by atomic mass is 10.0. The summed E-state index contributed by atoms with van der Waals surface area (Å²) in [5.41, 5.74) is -1.77. The van der Waals surface area contributed by atoms with Crippen molar-refractivity contribution in [3.8, 4) is 11.5 Å². The van der Waals surface area contributed by atoms with Gasteiger partial charge in [-0.3, -0.25) is 25.0 Å². The van der Waals surface area contributed by atoms with Gasteiger partial charge in [-0.15, -0.1) is 0 Å². The third kappa shape index (κ3) is 3.25. The molecule has 0 spiro atoms. The topological polar surface area (TPSA) is 133 Å². The first-order chi connectivity index (χ1) is 13.2. The summed E-state index contributed by atoms with van der Waals surface area (Å²) in [5, 5.41) is 32.3. The van der Waals surface area contributed by atoms with Crippen LogP contribution in [0.3, 0.4) is 0 Å². The van der Waals surface area contributed by atoms with E-state index in [0.717, 1.165) is 23.1 Å². The molecule has 1 aliphatic rings. The highest BCUT2D eigenvalue weighted by molar-refractivity contribution is 7.80. The highest BCUT2D eigenvalue weighted by Crippen LogP contribution is 2.34. The summed E-state index contributed by atoms with van der Waals surface area (Å²) in [6, 6.07) is 6.73. The number of hydrogen-bond acceptors (Lipinski definition) is 7. The maximum Gasteiger partial charge on any atom is 0.311 e. The van der Waals surface area contributed by atoms with Gasteiger partial charge in [0, 0.05) is 17.7 Å². The number of halogens is 1. The van der Waals surface area contributed by atoms with E-state index in [1.165, 1.54) is 18.2 Å². The van der Waals surface area contributed by atoms with Gasteiger partial charge in [0.05, 0.1) is 10.6 Å². The Bertz CT molecular complexity index is 1080. The minimum atomic E-state index is -0.992. The van der Waals surface area contributed by atoms with E-state index in [9.17, 15) is 34.3 Å². The Morgan fingerprint density at radius 2 is 1.86 bits per heavy atom. The van der Waals surface area contributed by atoms with Crippen LogP contribution in [0.5, 0.6) is 11.5 Å². The number of nitrogens with zero attached hydrogens (tertiary/aromatic N) is 2. The smallest absolute Gasteiger partial charge is 0.311 e. The highest BCUT2D eigenvalue weighted by atomic mass is 32.1. The van der Waals surface area contributed by atoms with Gasteiger partial charge in [0.15, 0.2) is 10.9 Å². The molecule has 0 saturated carbocycles. The van der Waals surface area contributed by atoms with E-state index in [0.29, 0.717) is 6.07 Å². The van der Waals surface area contributed by atoms with E-state index >= 15 is 0 Å². The number of nitrogens with one attached hydrogen (secondary N) is 1. The van der Waals surface area contributed by atoms with Crippen molar-refractivity contribution in [1.82, 2.24) is 5.32 Å². The second-order valence-electron chi connectivity index (χ2n) is 5.57. The Kier molecular flexibility index (Phi) is 4.76. The van der Waals surface area contributed by atoms with Gasteiger partial charge in [-0.25, -0.2) is 9.29 Å². The predicted octanol–water partition coefficient (Wildman–Crippen LogP) is 1.98. The van der Waals surface area contributed by atoms with Gasteiger partial charge < -0.3 is 10.2 Å². The summed E-state index contributed by atoms with van der Waals surface area (Å²) >= 11 is 4.95. The molecule has 3 rings (SSSR count). The number of rotatable bonds is 3. The van der Waals surface area contributed by atoms with Crippen molar-refractivity contribution in [1.29, 1.82) is 0 Å². The Morgan fingerprint density at radius 1 is 1.18 bits per heavy atom. The fourth-order valence-corrected chi connectivity index (χ4v) is 2.78. The van der Waals surface area contributed by atoms with Crippen LogP contribution in [0.15, 0.2) is 42.0 Å². The third-order valence-corrected chi connectivity index (χ3v) is 4.10. The van der Waals surface area contributed by atoms with Crippen molar-refractivity contribution in [2.75, 3.05) is 4.90 Å². The molecule has 3 N–H and O–H groups in total. The monoisotopic (exact) mass is 403 g/mol. The number of anilines is 1. The summed E-state index contributed by atoms with van der Waals surface area (Å²) in [7, 11) is 0. The molecule has 28 heavy (non-hydrogen) atoms. The lowest BCUT2D eigenvalue weighted by Gasteiger charge is -2.29. The van der Waals surface area contributed by atoms with E-state index in [-0.39, 0.29) is 16.4 Å². The van der Waals surface area contributed by atoms with Gasteiger partial charge >= 0.3 is 5.69 Å². The van der Waals surface area contributed by atoms with Gasteiger partial charge in [-0.05, 0) is 30.4 Å². The fourth-order valence-electron chi connectivity index (χ4n) is 2.51. The molecule has 2 amide bonds. The number of phenols is 2. The molecule has 1 heterocycles. The number of nitro benzene ring substituents is 1. The van der Waals surface area contributed by atoms with Gasteiger partial charge in [0.2, 0.25) is 0 Å². The first-order valence-electron chi connectivity index (χ1n) is 7.57. The highest BCUT2D eigenvalue weighted by Gasteiger charge is 2.36. The van der Waals surface area contributed by atoms with E-state index in [4.69, 9.17) is 12.2 Å². The van der Waals surface area contributed by atoms with Crippen molar-refractivity contribution in [3.63, 3.8) is 0 Å². The van der Waals surface area contributed by atoms with Gasteiger partial charge in [-0.2, -0.15) is 0 Å². The van der Waals surface area contributed by atoms with Gasteiger partial charge in [-0.1, -0.05) is 12.1 Å². The van der Waals surface area contributed by atoms with Crippen molar-refractivity contribution in [3.05, 3.63) is 63.5 Å². The minimum absolute atomic E-state index is 0.204. The van der Waals surface area contributed by atoms with E-state index < -0.39 is 45.3 Å². The zero-order chi connectivity index (χ0) is 20.6. The second kappa shape index (κ2) is 7.04. The van der Waals surface area contributed by atoms with Crippen molar-refractivity contribution >= 4 is 46.6 Å². The number of benzene rings is 2. The zero-order valence-corrected chi connectivity index (χ0v) is 14.6. The quantitative estimate of drug-likeness (QED) is 0.235. The number of para-hydroxylation sites is 1. The lowest BCUT2D eigenvalue weighted by molar-refractivity contribution is -0.385. The summed E-state index contributed by atoms with van der Waals surface area (Å²) in [5.74, 6) is -4.09. The molecular formula is C17H10FN3O6S. The number of carbonyl (C=O) groups is 2. The standard InChI is InChI=1S/C17H10FN3O6S/c18-10-3-1-2-4-11(10)20-16(25)9(15(24)19-17(20)28)5-8-6-12(21(26)27)14(23)7-13(8)22/h1-7,22-23H,(H,19,24,28)/b9-5+. The number of phenolic OH excluding ortho intramolecular Hbond substituents is 2. The Hall–Kier alpha value is -3.86. The normalized spacial score (nSPS) is 15.7. The molecular weight excluding hydrogens is 393 g/mol. The molecule has 2 aromatic carbocycles. The molecule has 0 atom stereocenters. The van der Waals surface area contributed by atoms with Gasteiger partial charge in [0.25, 0.3) is 11.8 Å². The predicted molar refractivity (Wildman–Crippen MR) is 99.0 cm³/mol. The van der Waals surface area contributed by atoms with Crippen LogP contribution < -0.4 is 10.2 Å². The lowest BCUT2D eigenvalue weighted by Crippen LogP contribution is -2.54. The van der Waals surface area contributed by atoms with E-state index in [1.807, 2.05) is 0 Å². The maximum absolute atomic E-state index is 14.1. The number of amides is 2. The first-order valence-corrected chi connectivity index (χ1v) is 7.98. The van der Waals surface area contributed by atoms with Crippen molar-refractivity contribution in [2.45, 2.75) is 0 Å². The minimum Gasteiger partial charge on any atom is -0.507 e. The third-order valence-electron chi connectivity index (χ3n) is 3.82. The Balaban J connectivity index is 2.11. The molecule has 0 aliphatic carbocycles. The van der Waals surface area contributed by atoms with Crippen LogP contribution in [0.25, 0.3) is 6.08 Å². The van der Waals surface area contributed by atoms with Crippen LogP contribution in [0.2, 0.25) is 0 Å². The van der Waals surface area contributed by atoms with Crippen LogP contribution in [-0.4, -0.2) is 32.1 Å². The number of thiocarbonyl (C=S) groups is 1. The molecule has 9 nitrogen and oxygen atoms in total. The number of carbonyl (C=O) groups excluding carboxylic acids is 2. The largest absolute Gasteiger partial charge is 0.507 e. The molecule has 142 valence electrons. The molecule has 1 fully saturated rings. The first kappa shape index (κ1) is 18.9. The molecule has 0 unspecified atom stereocenters. The van der Waals surface area contributed by atoms with E-state index in [2.05, 4.69) is 5.32 Å². The molecule has 0 bridgehead atoms. The summed E-state index contributed by atoms with van der Waals surface area (Å²) in [4.78, 5) is 35.8. The Labute approximate surface area is 161 Å². The molecule has 0 aromatic heterocycles. The van der Waals surface area contributed by atoms with Gasteiger partial charge in [0.1, 0.15) is 17.1 Å². The second-order valence-corrected chi connectivity index (χ2v) is 5.95. The summed E-state index contributed by atoms with van der Waals surface area (Å²) < 4.78 is 14.1. The molecule has 11 heteroatoms. The summed E-state index contributed by atoms with van der Waals surface area (Å²) in [6.45, 7) is 0. The molecule has 1 aliphatic heterocycles. The van der Waals surface area contributed by atoms with Crippen LogP contribution in [0.1, 0.15) is 5.56 Å². The number of hydrogen-bond donors (Lipinski definition) is 3. The molecule has 0 radical (unpaired) electrons. The fraction of sp³-hybridized carbons (Fsp3) is 0. The average molecular weight is 403 g/mol. The SMILES string of the molecule is O=C1NC(=S)N(c2ccccc2F)C(=O)/C1=C/c1cc([N+](=O)[O-])c(O)cc1O. The molecule has 1 saturated heterocycles. The number of aromatic hydroxyl groups is 2. The van der Waals surface area contributed by atoms with E-state index in [1.54, 1.807) is 0 Å². The zero-order valence-electron chi connectivity index (χ0n) is 13.7. The summed E-state index contributed by atoms with van der Waals surface area (Å²) in [6.07, 6.45) is 0.884. The maximum atomic E-state index is 14.1. The van der Waals surface area contributed by atoms with Crippen LogP contribution in [-0.2, 0) is 9.59 Å². The average Bonchev–Trinajstić information content (AvgIpc) is 2.61. The Morgan fingerprint density at radius 3 is 2.50 bits per heavy atom. The van der Waals surface area contributed by atoms with Crippen LogP contribution >= 0.6 is 12.2 Å². The molecule has 2 aromatic rings.